The van der Waals surface area contributed by atoms with Crippen molar-refractivity contribution in [1.82, 2.24) is 9.55 Å². The Kier molecular flexibility index (Phi) is 6.91. The number of allylic oxidation sites excluding steroid dienone is 6. The smallest absolute Gasteiger partial charge is 0.267 e. The molecular weight excluding hydrogens is 476 g/mol. The highest BCUT2D eigenvalue weighted by Gasteiger charge is 2.29. The molecule has 1 atom stereocenters. The maximum Gasteiger partial charge on any atom is 0.267 e. The Labute approximate surface area is 213 Å². The van der Waals surface area contributed by atoms with E-state index in [2.05, 4.69) is 19.9 Å². The Morgan fingerprint density at radius 2 is 2.03 bits per heavy atom. The van der Waals surface area contributed by atoms with Crippen molar-refractivity contribution in [2.45, 2.75) is 51.5 Å². The summed E-state index contributed by atoms with van der Waals surface area (Å²) >= 11 is 2.85. The molecule has 5 nitrogen and oxygen atoms in total. The third-order valence-electron chi connectivity index (χ3n) is 6.43. The Balaban J connectivity index is 1.60. The summed E-state index contributed by atoms with van der Waals surface area (Å²) in [5.74, 6) is 0.589. The van der Waals surface area contributed by atoms with E-state index >= 15 is 0 Å². The molecule has 2 aliphatic rings. The number of thiophene rings is 1. The van der Waals surface area contributed by atoms with Gasteiger partial charge in [0.2, 0.25) is 0 Å². The fourth-order valence-corrected chi connectivity index (χ4v) is 6.45. The summed E-state index contributed by atoms with van der Waals surface area (Å²) in [5.41, 5.74) is 3.61. The van der Waals surface area contributed by atoms with Gasteiger partial charge in [-0.05, 0) is 30.9 Å². The minimum atomic E-state index is -0.0676. The first-order valence-electron chi connectivity index (χ1n) is 11.9. The maximum absolute atomic E-state index is 14.1. The van der Waals surface area contributed by atoms with Gasteiger partial charge >= 0.3 is 0 Å². The van der Waals surface area contributed by atoms with E-state index < -0.39 is 0 Å². The summed E-state index contributed by atoms with van der Waals surface area (Å²) < 4.78 is 7.76. The molecule has 180 valence electrons. The molecular formula is C28H28N2O3S2. The first-order valence-corrected chi connectivity index (χ1v) is 13.7. The molecule has 0 saturated heterocycles. The number of ether oxygens (including phenoxy) is 1. The summed E-state index contributed by atoms with van der Waals surface area (Å²) in [7, 11) is 0. The van der Waals surface area contributed by atoms with Crippen LogP contribution in [0.2, 0.25) is 0 Å². The van der Waals surface area contributed by atoms with Crippen molar-refractivity contribution >= 4 is 44.8 Å². The van der Waals surface area contributed by atoms with E-state index in [-0.39, 0.29) is 23.2 Å². The third kappa shape index (κ3) is 4.85. The number of benzene rings is 1. The quantitative estimate of drug-likeness (QED) is 0.225. The lowest BCUT2D eigenvalue weighted by Gasteiger charge is -2.26. The zero-order valence-corrected chi connectivity index (χ0v) is 21.7. The number of Topliss-reactive ketones (excluding diaryl/α,β-unsaturated/α-hetero) is 1. The molecule has 0 saturated carbocycles. The summed E-state index contributed by atoms with van der Waals surface area (Å²) in [4.78, 5) is 33.6. The molecule has 0 radical (unpaired) electrons. The number of rotatable bonds is 6. The average molecular weight is 505 g/mol. The van der Waals surface area contributed by atoms with Crippen LogP contribution in [0, 0.1) is 5.92 Å². The van der Waals surface area contributed by atoms with E-state index in [1.807, 2.05) is 55.5 Å². The lowest BCUT2D eigenvalue weighted by Crippen LogP contribution is -2.28. The largest absolute Gasteiger partial charge is 0.372 e. The number of aromatic nitrogens is 2. The fourth-order valence-electron chi connectivity index (χ4n) is 4.38. The second-order valence-electron chi connectivity index (χ2n) is 9.24. The first-order chi connectivity index (χ1) is 16.9. The molecule has 0 amide bonds. The van der Waals surface area contributed by atoms with Gasteiger partial charge in [0.05, 0.1) is 23.8 Å². The van der Waals surface area contributed by atoms with Gasteiger partial charge in [-0.15, -0.1) is 11.3 Å². The Hall–Kier alpha value is -2.74. The van der Waals surface area contributed by atoms with Crippen molar-refractivity contribution in [2.75, 3.05) is 5.75 Å². The molecule has 0 spiro atoms. The van der Waals surface area contributed by atoms with Crippen LogP contribution in [-0.4, -0.2) is 27.2 Å². The minimum Gasteiger partial charge on any atom is -0.372 e. The lowest BCUT2D eigenvalue weighted by molar-refractivity contribution is 0.00200. The summed E-state index contributed by atoms with van der Waals surface area (Å²) in [5, 5.41) is 1.24. The van der Waals surface area contributed by atoms with Gasteiger partial charge in [0.1, 0.15) is 4.83 Å². The number of fused-ring (bicyclic) bond motifs is 3. The van der Waals surface area contributed by atoms with E-state index in [4.69, 9.17) is 9.72 Å². The molecule has 1 aliphatic heterocycles. The van der Waals surface area contributed by atoms with E-state index in [0.29, 0.717) is 28.6 Å². The van der Waals surface area contributed by atoms with E-state index in [0.717, 1.165) is 39.4 Å². The van der Waals surface area contributed by atoms with Crippen LogP contribution < -0.4 is 5.56 Å². The van der Waals surface area contributed by atoms with Crippen LogP contribution in [-0.2, 0) is 17.8 Å². The van der Waals surface area contributed by atoms with Gasteiger partial charge in [-0.1, -0.05) is 79.7 Å². The number of hydrogen-bond donors (Lipinski definition) is 0. The van der Waals surface area contributed by atoms with Gasteiger partial charge in [-0.3, -0.25) is 14.2 Å². The van der Waals surface area contributed by atoms with Crippen LogP contribution in [0.1, 0.15) is 48.0 Å². The first kappa shape index (κ1) is 24.0. The SMILES string of the molecule is CC1=CCC=C(n2c(SCC(=O)c3ccccc3)nc3sc4c(c3c2=O)CC(C(C)C)OC4)C=C1. The Bertz CT molecular complexity index is 1430. The van der Waals surface area contributed by atoms with E-state index in [1.165, 1.54) is 23.1 Å². The number of hydrogen-bond acceptors (Lipinski definition) is 6. The van der Waals surface area contributed by atoms with Crippen LogP contribution in [0.15, 0.2) is 70.2 Å². The molecule has 7 heteroatoms. The molecule has 0 N–H and O–H groups in total. The lowest BCUT2D eigenvalue weighted by atomic mass is 9.96. The molecule has 5 rings (SSSR count). The summed E-state index contributed by atoms with van der Waals surface area (Å²) in [6.45, 7) is 6.86. The van der Waals surface area contributed by atoms with Crippen molar-refractivity contribution in [2.24, 2.45) is 5.92 Å². The molecule has 3 aromatic rings. The molecule has 1 aliphatic carbocycles. The van der Waals surface area contributed by atoms with Crippen molar-refractivity contribution in [3.05, 3.63) is 86.6 Å². The summed E-state index contributed by atoms with van der Waals surface area (Å²) in [6.07, 6.45) is 9.71. The van der Waals surface area contributed by atoms with Gasteiger partial charge in [0, 0.05) is 22.6 Å². The number of nitrogens with zero attached hydrogens (tertiary/aromatic N) is 2. The third-order valence-corrected chi connectivity index (χ3v) is 8.46. The van der Waals surface area contributed by atoms with Crippen LogP contribution in [0.3, 0.4) is 0 Å². The minimum absolute atomic E-state index is 0.0121. The number of carbonyl (C=O) groups is 1. The van der Waals surface area contributed by atoms with Gasteiger partial charge in [-0.2, -0.15) is 0 Å². The summed E-state index contributed by atoms with van der Waals surface area (Å²) in [6, 6.07) is 9.24. The second kappa shape index (κ2) is 10.1. The van der Waals surface area contributed by atoms with E-state index in [1.54, 1.807) is 4.57 Å². The topological polar surface area (TPSA) is 61.2 Å². The molecule has 0 bridgehead atoms. The second-order valence-corrected chi connectivity index (χ2v) is 11.3. The van der Waals surface area contributed by atoms with Crippen LogP contribution in [0.5, 0.6) is 0 Å². The normalized spacial score (nSPS) is 17.8. The predicted molar refractivity (Wildman–Crippen MR) is 144 cm³/mol. The Morgan fingerprint density at radius 1 is 1.23 bits per heavy atom. The van der Waals surface area contributed by atoms with Crippen molar-refractivity contribution in [3.63, 3.8) is 0 Å². The zero-order valence-electron chi connectivity index (χ0n) is 20.1. The van der Waals surface area contributed by atoms with Gasteiger partial charge in [-0.25, -0.2) is 4.98 Å². The van der Waals surface area contributed by atoms with Crippen LogP contribution in [0.25, 0.3) is 15.9 Å². The predicted octanol–water partition coefficient (Wildman–Crippen LogP) is 6.28. The van der Waals surface area contributed by atoms with Crippen molar-refractivity contribution < 1.29 is 9.53 Å². The number of ketones is 1. The average Bonchev–Trinajstić information content (AvgIpc) is 3.09. The van der Waals surface area contributed by atoms with Crippen LogP contribution >= 0.6 is 23.1 Å². The molecule has 2 aromatic heterocycles. The zero-order chi connectivity index (χ0) is 24.5. The van der Waals surface area contributed by atoms with Crippen molar-refractivity contribution in [3.8, 4) is 0 Å². The standard InChI is InChI=1S/C28H28N2O3S2/c1-17(2)23-14-21-24(15-33-23)35-26-25(21)27(32)30(20-11-7-8-18(3)12-13-20)28(29-26)34-16-22(31)19-9-5-4-6-10-19/h4-6,8-13,17,23H,7,14-16H2,1-3H3. The van der Waals surface area contributed by atoms with Gasteiger partial charge < -0.3 is 4.74 Å². The molecule has 3 heterocycles. The van der Waals surface area contributed by atoms with Gasteiger partial charge in [0.15, 0.2) is 10.9 Å². The fraction of sp³-hybridized carbons (Fsp3) is 0.321. The molecule has 35 heavy (non-hydrogen) atoms. The molecule has 0 fully saturated rings. The van der Waals surface area contributed by atoms with E-state index in [9.17, 15) is 9.59 Å². The highest BCUT2D eigenvalue weighted by molar-refractivity contribution is 7.99. The highest BCUT2D eigenvalue weighted by atomic mass is 32.2. The highest BCUT2D eigenvalue weighted by Crippen LogP contribution is 2.36. The van der Waals surface area contributed by atoms with Crippen LogP contribution in [0.4, 0.5) is 0 Å². The maximum atomic E-state index is 14.1. The monoisotopic (exact) mass is 504 g/mol. The van der Waals surface area contributed by atoms with Gasteiger partial charge in [0.25, 0.3) is 5.56 Å². The van der Waals surface area contributed by atoms with Crippen molar-refractivity contribution in [1.29, 1.82) is 0 Å². The number of carbonyl (C=O) groups excluding carboxylic acids is 1. The Morgan fingerprint density at radius 3 is 2.80 bits per heavy atom. The number of thioether (sulfide) groups is 1. The molecule has 1 unspecified atom stereocenters. The molecule has 1 aromatic carbocycles.